The van der Waals surface area contributed by atoms with E-state index in [0.29, 0.717) is 18.7 Å². The van der Waals surface area contributed by atoms with Crippen LogP contribution in [0.5, 0.6) is 0 Å². The zero-order chi connectivity index (χ0) is 20.1. The normalized spacial score (nSPS) is 15.2. The monoisotopic (exact) mass is 401 g/mol. The number of anilines is 1. The molecule has 1 saturated heterocycles. The number of carbonyl (C=O) groups is 2. The largest absolute Gasteiger partial charge is 0.343 e. The van der Waals surface area contributed by atoms with Gasteiger partial charge in [-0.05, 0) is 42.3 Å². The first-order valence-electron chi connectivity index (χ1n) is 9.14. The number of benzene rings is 2. The Kier molecular flexibility index (Phi) is 6.11. The Bertz CT molecular complexity index is 950. The quantitative estimate of drug-likeness (QED) is 0.750. The van der Waals surface area contributed by atoms with E-state index in [2.05, 4.69) is 5.32 Å². The van der Waals surface area contributed by atoms with Crippen LogP contribution in [-0.4, -0.2) is 56.1 Å². The van der Waals surface area contributed by atoms with E-state index in [9.17, 15) is 18.0 Å². The maximum absolute atomic E-state index is 12.8. The van der Waals surface area contributed by atoms with Gasteiger partial charge in [0.2, 0.25) is 16.4 Å². The lowest BCUT2D eigenvalue weighted by Crippen LogP contribution is -2.47. The van der Waals surface area contributed by atoms with E-state index in [0.717, 1.165) is 24.1 Å². The number of aryl methyl sites for hydroxylation is 1. The van der Waals surface area contributed by atoms with Crippen LogP contribution < -0.4 is 5.32 Å². The maximum atomic E-state index is 12.8. The van der Waals surface area contributed by atoms with Gasteiger partial charge in [0.15, 0.2) is 0 Å². The first-order chi connectivity index (χ1) is 13.5. The van der Waals surface area contributed by atoms with Crippen molar-refractivity contribution >= 4 is 28.0 Å². The van der Waals surface area contributed by atoms with Crippen LogP contribution >= 0.6 is 0 Å². The lowest BCUT2D eigenvalue weighted by Gasteiger charge is -2.31. The third kappa shape index (κ3) is 4.23. The first-order valence-corrected chi connectivity index (χ1v) is 10.6. The van der Waals surface area contributed by atoms with Crippen LogP contribution in [0.3, 0.4) is 0 Å². The highest BCUT2D eigenvalue weighted by Crippen LogP contribution is 2.20. The molecule has 8 heteroatoms. The van der Waals surface area contributed by atoms with Crippen LogP contribution in [-0.2, 0) is 21.2 Å². The van der Waals surface area contributed by atoms with Crippen LogP contribution in [0.4, 0.5) is 5.69 Å². The molecular formula is C20H23N3O4S. The smallest absolute Gasteiger partial charge is 0.255 e. The average molecular weight is 401 g/mol. The topological polar surface area (TPSA) is 86.8 Å². The molecule has 3 rings (SSSR count). The van der Waals surface area contributed by atoms with E-state index in [1.807, 2.05) is 31.2 Å². The highest BCUT2D eigenvalue weighted by atomic mass is 32.2. The van der Waals surface area contributed by atoms with E-state index < -0.39 is 10.0 Å². The molecule has 7 nitrogen and oxygen atoms in total. The van der Waals surface area contributed by atoms with Crippen molar-refractivity contribution in [2.45, 2.75) is 18.2 Å². The Morgan fingerprint density at radius 2 is 1.68 bits per heavy atom. The molecule has 2 amide bonds. The predicted molar refractivity (Wildman–Crippen MR) is 107 cm³/mol. The summed E-state index contributed by atoms with van der Waals surface area (Å²) < 4.78 is 26.9. The molecule has 0 spiro atoms. The van der Waals surface area contributed by atoms with Gasteiger partial charge in [0.1, 0.15) is 0 Å². The number of piperazine rings is 1. The van der Waals surface area contributed by atoms with Crippen molar-refractivity contribution in [3.8, 4) is 0 Å². The Morgan fingerprint density at radius 1 is 1.04 bits per heavy atom. The molecule has 0 aliphatic carbocycles. The number of rotatable bonds is 6. The van der Waals surface area contributed by atoms with Gasteiger partial charge in [-0.15, -0.1) is 0 Å². The molecule has 0 atom stereocenters. The summed E-state index contributed by atoms with van der Waals surface area (Å²) >= 11 is 0. The molecule has 0 aromatic heterocycles. The number of amides is 2. The fourth-order valence-corrected chi connectivity index (χ4v) is 4.54. The lowest BCUT2D eigenvalue weighted by atomic mass is 10.1. The molecular weight excluding hydrogens is 378 g/mol. The van der Waals surface area contributed by atoms with Crippen LogP contribution in [0.25, 0.3) is 0 Å². The van der Waals surface area contributed by atoms with Gasteiger partial charge >= 0.3 is 0 Å². The van der Waals surface area contributed by atoms with Crippen LogP contribution in [0.1, 0.15) is 22.8 Å². The van der Waals surface area contributed by atoms with Gasteiger partial charge in [-0.25, -0.2) is 8.42 Å². The number of nitrogens with one attached hydrogen (secondary N) is 1. The Morgan fingerprint density at radius 3 is 2.29 bits per heavy atom. The zero-order valence-corrected chi connectivity index (χ0v) is 16.5. The van der Waals surface area contributed by atoms with Gasteiger partial charge < -0.3 is 10.2 Å². The summed E-state index contributed by atoms with van der Waals surface area (Å²) in [5.41, 5.74) is 2.17. The van der Waals surface area contributed by atoms with Crippen molar-refractivity contribution < 1.29 is 18.0 Å². The molecule has 0 bridgehead atoms. The van der Waals surface area contributed by atoms with E-state index in [1.165, 1.54) is 28.6 Å². The number of carbonyl (C=O) groups excluding carboxylic acids is 2. The SMILES string of the molecule is CCc1ccccc1NC(=O)c1ccc(S(=O)(=O)N2CCN(C=O)CC2)cc1. The summed E-state index contributed by atoms with van der Waals surface area (Å²) in [5, 5.41) is 2.87. The molecule has 148 valence electrons. The van der Waals surface area contributed by atoms with Gasteiger partial charge in [-0.2, -0.15) is 4.31 Å². The van der Waals surface area contributed by atoms with Gasteiger partial charge in [-0.1, -0.05) is 25.1 Å². The zero-order valence-electron chi connectivity index (χ0n) is 15.7. The standard InChI is InChI=1S/C20H23N3O4S/c1-2-16-5-3-4-6-19(16)21-20(25)17-7-9-18(10-8-17)28(26,27)23-13-11-22(15-24)12-14-23/h3-10,15H,2,11-14H2,1H3,(H,21,25). The number of hydrogen-bond donors (Lipinski definition) is 1. The van der Waals surface area contributed by atoms with Gasteiger partial charge in [0.25, 0.3) is 5.91 Å². The second-order valence-corrected chi connectivity index (χ2v) is 8.47. The molecule has 1 aliphatic heterocycles. The van der Waals surface area contributed by atoms with Crippen molar-refractivity contribution in [2.75, 3.05) is 31.5 Å². The first kappa shape index (κ1) is 20.0. The second kappa shape index (κ2) is 8.53. The molecule has 0 saturated carbocycles. The van der Waals surface area contributed by atoms with E-state index in [1.54, 1.807) is 4.90 Å². The highest BCUT2D eigenvalue weighted by molar-refractivity contribution is 7.89. The maximum Gasteiger partial charge on any atom is 0.255 e. The van der Waals surface area contributed by atoms with Crippen molar-refractivity contribution in [2.24, 2.45) is 0 Å². The predicted octanol–water partition coefficient (Wildman–Crippen LogP) is 1.96. The summed E-state index contributed by atoms with van der Waals surface area (Å²) in [6.07, 6.45) is 1.53. The Labute approximate surface area is 165 Å². The lowest BCUT2D eigenvalue weighted by molar-refractivity contribution is -0.119. The third-order valence-corrected chi connectivity index (χ3v) is 6.74. The van der Waals surface area contributed by atoms with E-state index in [4.69, 9.17) is 0 Å². The number of sulfonamides is 1. The summed E-state index contributed by atoms with van der Waals surface area (Å²) in [6, 6.07) is 13.5. The molecule has 2 aromatic carbocycles. The average Bonchev–Trinajstić information content (AvgIpc) is 2.74. The molecule has 28 heavy (non-hydrogen) atoms. The number of para-hydroxylation sites is 1. The van der Waals surface area contributed by atoms with Crippen molar-refractivity contribution in [1.29, 1.82) is 0 Å². The van der Waals surface area contributed by atoms with Crippen LogP contribution in [0.15, 0.2) is 53.4 Å². The van der Waals surface area contributed by atoms with Crippen LogP contribution in [0, 0.1) is 0 Å². The van der Waals surface area contributed by atoms with Crippen molar-refractivity contribution in [3.63, 3.8) is 0 Å². The molecule has 0 unspecified atom stereocenters. The van der Waals surface area contributed by atoms with Crippen molar-refractivity contribution in [1.82, 2.24) is 9.21 Å². The van der Waals surface area contributed by atoms with E-state index >= 15 is 0 Å². The molecule has 1 aliphatic rings. The minimum Gasteiger partial charge on any atom is -0.343 e. The molecule has 1 heterocycles. The fourth-order valence-electron chi connectivity index (χ4n) is 3.12. The van der Waals surface area contributed by atoms with Gasteiger partial charge in [0.05, 0.1) is 4.90 Å². The molecule has 0 radical (unpaired) electrons. The minimum absolute atomic E-state index is 0.137. The highest BCUT2D eigenvalue weighted by Gasteiger charge is 2.28. The van der Waals surface area contributed by atoms with Crippen molar-refractivity contribution in [3.05, 3.63) is 59.7 Å². The van der Waals surface area contributed by atoms with E-state index in [-0.39, 0.29) is 23.9 Å². The minimum atomic E-state index is -3.65. The third-order valence-electron chi connectivity index (χ3n) is 4.82. The summed E-state index contributed by atoms with van der Waals surface area (Å²) in [5.74, 6) is -0.288. The van der Waals surface area contributed by atoms with Gasteiger partial charge in [-0.3, -0.25) is 9.59 Å². The number of hydrogen-bond acceptors (Lipinski definition) is 4. The van der Waals surface area contributed by atoms with Gasteiger partial charge in [0, 0.05) is 37.4 Å². The Balaban J connectivity index is 1.72. The Hall–Kier alpha value is -2.71. The summed E-state index contributed by atoms with van der Waals surface area (Å²) in [6.45, 7) is 3.29. The number of nitrogens with zero attached hydrogens (tertiary/aromatic N) is 2. The molecule has 1 N–H and O–H groups in total. The second-order valence-electron chi connectivity index (χ2n) is 6.53. The summed E-state index contributed by atoms with van der Waals surface area (Å²) in [7, 11) is -3.65. The molecule has 1 fully saturated rings. The van der Waals surface area contributed by atoms with Crippen LogP contribution in [0.2, 0.25) is 0 Å². The molecule has 2 aromatic rings. The fraction of sp³-hybridized carbons (Fsp3) is 0.300. The summed E-state index contributed by atoms with van der Waals surface area (Å²) in [4.78, 5) is 25.0.